The Bertz CT molecular complexity index is 865. The molecule has 0 aliphatic heterocycles. The summed E-state index contributed by atoms with van der Waals surface area (Å²) in [6.07, 6.45) is 2.93. The van der Waals surface area contributed by atoms with Crippen LogP contribution in [0.4, 0.5) is 5.69 Å². The Labute approximate surface area is 161 Å². The van der Waals surface area contributed by atoms with E-state index in [-0.39, 0.29) is 5.75 Å². The first-order valence-corrected chi connectivity index (χ1v) is 9.14. The number of rotatable bonds is 8. The molecule has 3 N–H and O–H groups in total. The van der Waals surface area contributed by atoms with Crippen LogP contribution in [0.3, 0.4) is 0 Å². The summed E-state index contributed by atoms with van der Waals surface area (Å²) < 4.78 is 4.96. The molecule has 6 nitrogen and oxygen atoms in total. The highest BCUT2D eigenvalue weighted by Crippen LogP contribution is 2.26. The third-order valence-electron chi connectivity index (χ3n) is 3.46. The smallest absolute Gasteiger partial charge is 0.331 e. The molecule has 2 aromatic carbocycles. The Balaban J connectivity index is 1.87. The predicted molar refractivity (Wildman–Crippen MR) is 106 cm³/mol. The number of benzene rings is 2. The highest BCUT2D eigenvalue weighted by Gasteiger charge is 2.10. The van der Waals surface area contributed by atoms with Crippen molar-refractivity contribution in [1.82, 2.24) is 0 Å². The lowest BCUT2D eigenvalue weighted by molar-refractivity contribution is -0.142. The molecule has 0 heterocycles. The van der Waals surface area contributed by atoms with Gasteiger partial charge in [-0.3, -0.25) is 9.59 Å². The number of hydrogen-bond acceptors (Lipinski definition) is 5. The monoisotopic (exact) mass is 384 g/mol. The number of para-hydroxylation sites is 1. The topological polar surface area (TPSA) is 98.5 Å². The number of primary amides is 1. The van der Waals surface area contributed by atoms with Gasteiger partial charge in [0.15, 0.2) is 6.61 Å². The van der Waals surface area contributed by atoms with Gasteiger partial charge in [0.25, 0.3) is 5.91 Å². The van der Waals surface area contributed by atoms with Gasteiger partial charge in [0, 0.05) is 11.0 Å². The van der Waals surface area contributed by atoms with Crippen LogP contribution in [0.5, 0.6) is 0 Å². The lowest BCUT2D eigenvalue weighted by Gasteiger charge is -2.10. The van der Waals surface area contributed by atoms with E-state index in [9.17, 15) is 14.4 Å². The zero-order chi connectivity index (χ0) is 19.6. The summed E-state index contributed by atoms with van der Waals surface area (Å²) in [7, 11) is 0. The molecular weight excluding hydrogens is 364 g/mol. The van der Waals surface area contributed by atoms with E-state index < -0.39 is 24.4 Å². The standard InChI is InChI=1S/C20H20N2O4S/c1-14-6-2-3-7-15(14)10-11-20(25)26-12-19(24)22-16-8-4-5-9-17(16)27-13-18(21)23/h2-11H,12-13H2,1H3,(H2,21,23)(H,22,24)/b11-10+. The van der Waals surface area contributed by atoms with Crippen molar-refractivity contribution >= 4 is 41.3 Å². The van der Waals surface area contributed by atoms with Crippen molar-refractivity contribution in [2.24, 2.45) is 5.73 Å². The number of carbonyl (C=O) groups is 3. The van der Waals surface area contributed by atoms with Crippen LogP contribution in [-0.2, 0) is 19.1 Å². The van der Waals surface area contributed by atoms with E-state index in [1.807, 2.05) is 31.2 Å². The van der Waals surface area contributed by atoms with Crippen molar-refractivity contribution < 1.29 is 19.1 Å². The van der Waals surface area contributed by atoms with Crippen molar-refractivity contribution in [3.8, 4) is 0 Å². The van der Waals surface area contributed by atoms with Gasteiger partial charge in [0.1, 0.15) is 0 Å². The molecule has 0 aromatic heterocycles. The molecule has 0 fully saturated rings. The van der Waals surface area contributed by atoms with E-state index in [0.717, 1.165) is 11.1 Å². The van der Waals surface area contributed by atoms with Crippen LogP contribution in [0.2, 0.25) is 0 Å². The lowest BCUT2D eigenvalue weighted by atomic mass is 10.1. The first-order chi connectivity index (χ1) is 13.0. The Kier molecular flexibility index (Phi) is 7.63. The molecule has 0 saturated carbocycles. The second-order valence-corrected chi connectivity index (χ2v) is 6.61. The fourth-order valence-corrected chi connectivity index (χ4v) is 2.89. The molecular formula is C20H20N2O4S. The van der Waals surface area contributed by atoms with Crippen LogP contribution < -0.4 is 11.1 Å². The van der Waals surface area contributed by atoms with E-state index in [4.69, 9.17) is 10.5 Å². The van der Waals surface area contributed by atoms with Gasteiger partial charge in [-0.15, -0.1) is 11.8 Å². The maximum Gasteiger partial charge on any atom is 0.331 e. The molecule has 140 valence electrons. The van der Waals surface area contributed by atoms with Gasteiger partial charge in [-0.25, -0.2) is 4.79 Å². The molecule has 0 atom stereocenters. The molecule has 0 saturated heterocycles. The minimum atomic E-state index is -0.607. The molecule has 2 aromatic rings. The Morgan fingerprint density at radius 2 is 1.81 bits per heavy atom. The molecule has 7 heteroatoms. The van der Waals surface area contributed by atoms with Gasteiger partial charge in [-0.2, -0.15) is 0 Å². The van der Waals surface area contributed by atoms with E-state index in [0.29, 0.717) is 10.6 Å². The first-order valence-electron chi connectivity index (χ1n) is 8.16. The largest absolute Gasteiger partial charge is 0.452 e. The molecule has 0 unspecified atom stereocenters. The van der Waals surface area contributed by atoms with Gasteiger partial charge in [-0.1, -0.05) is 36.4 Å². The molecule has 2 amide bonds. The number of amides is 2. The summed E-state index contributed by atoms with van der Waals surface area (Å²) >= 11 is 1.22. The fraction of sp³-hybridized carbons (Fsp3) is 0.150. The SMILES string of the molecule is Cc1ccccc1/C=C/C(=O)OCC(=O)Nc1ccccc1SCC(N)=O. The van der Waals surface area contributed by atoms with E-state index in [2.05, 4.69) is 5.32 Å². The first kappa shape index (κ1) is 20.3. The van der Waals surface area contributed by atoms with Gasteiger partial charge < -0.3 is 15.8 Å². The Hall–Kier alpha value is -3.06. The molecule has 0 aliphatic rings. The van der Waals surface area contributed by atoms with E-state index in [1.54, 1.807) is 30.3 Å². The zero-order valence-corrected chi connectivity index (χ0v) is 15.6. The minimum Gasteiger partial charge on any atom is -0.452 e. The molecule has 0 spiro atoms. The number of nitrogens with one attached hydrogen (secondary N) is 1. The van der Waals surface area contributed by atoms with Crippen LogP contribution in [0.1, 0.15) is 11.1 Å². The average Bonchev–Trinajstić information content (AvgIpc) is 2.65. The number of esters is 1. The second-order valence-electron chi connectivity index (χ2n) is 5.60. The van der Waals surface area contributed by atoms with Crippen molar-refractivity contribution in [3.05, 3.63) is 65.7 Å². The summed E-state index contributed by atoms with van der Waals surface area (Å²) in [5.41, 5.74) is 7.60. The zero-order valence-electron chi connectivity index (χ0n) is 14.8. The van der Waals surface area contributed by atoms with Gasteiger partial charge in [-0.05, 0) is 36.3 Å². The third-order valence-corrected chi connectivity index (χ3v) is 4.56. The Morgan fingerprint density at radius 3 is 2.56 bits per heavy atom. The molecule has 0 aliphatic carbocycles. The summed E-state index contributed by atoms with van der Waals surface area (Å²) in [5.74, 6) is -1.42. The number of hydrogen-bond donors (Lipinski definition) is 2. The number of thioether (sulfide) groups is 1. The fourth-order valence-electron chi connectivity index (χ4n) is 2.15. The molecule has 27 heavy (non-hydrogen) atoms. The number of aryl methyl sites for hydroxylation is 1. The van der Waals surface area contributed by atoms with E-state index >= 15 is 0 Å². The summed E-state index contributed by atoms with van der Waals surface area (Å²) in [6, 6.07) is 14.6. The second kappa shape index (κ2) is 10.2. The maximum absolute atomic E-state index is 12.0. The van der Waals surface area contributed by atoms with Crippen molar-refractivity contribution in [2.75, 3.05) is 17.7 Å². The van der Waals surface area contributed by atoms with Crippen LogP contribution in [-0.4, -0.2) is 30.1 Å². The Morgan fingerprint density at radius 1 is 1.11 bits per heavy atom. The summed E-state index contributed by atoms with van der Waals surface area (Å²) in [4.78, 5) is 35.4. The number of nitrogens with two attached hydrogens (primary N) is 1. The molecule has 0 bridgehead atoms. The lowest BCUT2D eigenvalue weighted by Crippen LogP contribution is -2.20. The molecule has 0 radical (unpaired) electrons. The highest BCUT2D eigenvalue weighted by atomic mass is 32.2. The summed E-state index contributed by atoms with van der Waals surface area (Å²) in [5, 5.41) is 2.66. The predicted octanol–water partition coefficient (Wildman–Crippen LogP) is 2.77. The maximum atomic E-state index is 12.0. The minimum absolute atomic E-state index is 0.103. The molecule has 2 rings (SSSR count). The van der Waals surface area contributed by atoms with Gasteiger partial charge in [0.05, 0.1) is 11.4 Å². The van der Waals surface area contributed by atoms with Crippen molar-refractivity contribution in [3.63, 3.8) is 0 Å². The van der Waals surface area contributed by atoms with Gasteiger partial charge >= 0.3 is 5.97 Å². The van der Waals surface area contributed by atoms with Crippen LogP contribution >= 0.6 is 11.8 Å². The number of anilines is 1. The highest BCUT2D eigenvalue weighted by molar-refractivity contribution is 8.00. The van der Waals surface area contributed by atoms with Crippen LogP contribution in [0.15, 0.2) is 59.5 Å². The quantitative estimate of drug-likeness (QED) is 0.414. The van der Waals surface area contributed by atoms with Gasteiger partial charge in [0.2, 0.25) is 5.91 Å². The third kappa shape index (κ3) is 6.99. The van der Waals surface area contributed by atoms with Crippen molar-refractivity contribution in [1.29, 1.82) is 0 Å². The van der Waals surface area contributed by atoms with Crippen LogP contribution in [0.25, 0.3) is 6.08 Å². The van der Waals surface area contributed by atoms with Crippen molar-refractivity contribution in [2.45, 2.75) is 11.8 Å². The summed E-state index contributed by atoms with van der Waals surface area (Å²) in [6.45, 7) is 1.53. The normalized spacial score (nSPS) is 10.6. The van der Waals surface area contributed by atoms with E-state index in [1.165, 1.54) is 17.8 Å². The number of carbonyl (C=O) groups excluding carboxylic acids is 3. The average molecular weight is 384 g/mol. The van der Waals surface area contributed by atoms with Crippen LogP contribution in [0, 0.1) is 6.92 Å². The number of ether oxygens (including phenoxy) is 1.